The molecule has 1 atom stereocenters. The van der Waals surface area contributed by atoms with Crippen molar-refractivity contribution in [3.8, 4) is 0 Å². The van der Waals surface area contributed by atoms with Gasteiger partial charge in [-0.25, -0.2) is 8.78 Å². The van der Waals surface area contributed by atoms with E-state index < -0.39 is 6.43 Å². The van der Waals surface area contributed by atoms with E-state index in [1.54, 1.807) is 0 Å². The molecule has 0 aliphatic carbocycles. The lowest BCUT2D eigenvalue weighted by Crippen LogP contribution is -2.31. The molecule has 0 aromatic carbocycles. The van der Waals surface area contributed by atoms with Crippen molar-refractivity contribution in [1.29, 1.82) is 0 Å². The van der Waals surface area contributed by atoms with Crippen molar-refractivity contribution in [2.75, 3.05) is 19.7 Å². The zero-order chi connectivity index (χ0) is 13.5. The van der Waals surface area contributed by atoms with Gasteiger partial charge in [-0.2, -0.15) is 5.10 Å². The molecule has 4 nitrogen and oxygen atoms in total. The third-order valence-electron chi connectivity index (χ3n) is 2.90. The van der Waals surface area contributed by atoms with Crippen molar-refractivity contribution in [2.24, 2.45) is 0 Å². The normalized spacial score (nSPS) is 13.5. The van der Waals surface area contributed by atoms with Gasteiger partial charge in [0.25, 0.3) is 6.43 Å². The number of nitrogens with zero attached hydrogens (tertiary/aromatic N) is 3. The summed E-state index contributed by atoms with van der Waals surface area (Å²) in [6.07, 6.45) is 0.440. The summed E-state index contributed by atoms with van der Waals surface area (Å²) in [6.45, 7) is 4.24. The van der Waals surface area contributed by atoms with Gasteiger partial charge < -0.3 is 5.11 Å². The average Bonchev–Trinajstić information content (AvgIpc) is 2.76. The lowest BCUT2D eigenvalue weighted by molar-refractivity contribution is 0.0739. The van der Waals surface area contributed by atoms with E-state index in [9.17, 15) is 8.78 Å². The molecule has 0 saturated carbocycles. The number of aromatic nitrogens is 2. The van der Waals surface area contributed by atoms with E-state index in [1.807, 2.05) is 16.9 Å². The number of hydrogen-bond donors (Lipinski definition) is 1. The number of rotatable bonds is 8. The molecular weight excluding hydrogens is 240 g/mol. The first kappa shape index (κ1) is 15.0. The van der Waals surface area contributed by atoms with Gasteiger partial charge in [0.1, 0.15) is 0 Å². The molecule has 0 spiro atoms. The first-order valence-corrected chi connectivity index (χ1v) is 6.22. The highest BCUT2D eigenvalue weighted by molar-refractivity contribution is 4.99. The minimum Gasteiger partial charge on any atom is -0.395 e. The molecule has 0 saturated heterocycles. The van der Waals surface area contributed by atoms with Crippen molar-refractivity contribution in [3.63, 3.8) is 0 Å². The van der Waals surface area contributed by atoms with Crippen LogP contribution in [0.3, 0.4) is 0 Å². The van der Waals surface area contributed by atoms with Crippen LogP contribution in [0.25, 0.3) is 0 Å². The Labute approximate surface area is 106 Å². The Morgan fingerprint density at radius 1 is 1.50 bits per heavy atom. The monoisotopic (exact) mass is 261 g/mol. The number of halogens is 2. The van der Waals surface area contributed by atoms with E-state index >= 15 is 0 Å². The molecule has 1 aromatic heterocycles. The van der Waals surface area contributed by atoms with Crippen molar-refractivity contribution in [1.82, 2.24) is 14.7 Å². The van der Waals surface area contributed by atoms with Crippen molar-refractivity contribution in [2.45, 2.75) is 39.3 Å². The Morgan fingerprint density at radius 3 is 2.78 bits per heavy atom. The molecule has 104 valence electrons. The molecule has 1 N–H and O–H groups in total. The predicted octanol–water partition coefficient (Wildman–Crippen LogP) is 1.91. The minimum absolute atomic E-state index is 0.126. The number of aliphatic hydroxyl groups excluding tert-OH is 1. The fourth-order valence-electron chi connectivity index (χ4n) is 1.69. The molecule has 1 rings (SSSR count). The van der Waals surface area contributed by atoms with Gasteiger partial charge in [-0.15, -0.1) is 0 Å². The fraction of sp³-hybridized carbons (Fsp3) is 0.750. The molecule has 18 heavy (non-hydrogen) atoms. The molecule has 0 aliphatic heterocycles. The van der Waals surface area contributed by atoms with Gasteiger partial charge in [0.15, 0.2) is 0 Å². The summed E-state index contributed by atoms with van der Waals surface area (Å²) in [5.41, 5.74) is 0.754. The minimum atomic E-state index is -2.40. The maximum atomic E-state index is 12.4. The van der Waals surface area contributed by atoms with Gasteiger partial charge in [0.05, 0.1) is 18.8 Å². The van der Waals surface area contributed by atoms with Gasteiger partial charge in [-0.05, 0) is 19.4 Å². The molecule has 0 radical (unpaired) electrons. The summed E-state index contributed by atoms with van der Waals surface area (Å²) in [5.74, 6) is 0. The first-order chi connectivity index (χ1) is 8.56. The second-order valence-electron chi connectivity index (χ2n) is 4.39. The molecule has 1 heterocycles. The van der Waals surface area contributed by atoms with Crippen molar-refractivity contribution in [3.05, 3.63) is 18.0 Å². The SMILES string of the molecule is CCC(C)n1ccc(CN(CCO)CC(F)F)n1. The molecule has 0 aliphatic rings. The molecule has 0 fully saturated rings. The number of aliphatic hydroxyl groups is 1. The molecule has 6 heteroatoms. The zero-order valence-corrected chi connectivity index (χ0v) is 10.9. The summed E-state index contributed by atoms with van der Waals surface area (Å²) >= 11 is 0. The van der Waals surface area contributed by atoms with Crippen LogP contribution >= 0.6 is 0 Å². The van der Waals surface area contributed by atoms with Gasteiger partial charge in [0, 0.05) is 25.3 Å². The van der Waals surface area contributed by atoms with Crippen LogP contribution in [-0.2, 0) is 6.54 Å². The molecule has 0 bridgehead atoms. The summed E-state index contributed by atoms with van der Waals surface area (Å²) in [6, 6.07) is 2.14. The fourth-order valence-corrected chi connectivity index (χ4v) is 1.69. The molecule has 1 aromatic rings. The highest BCUT2D eigenvalue weighted by Crippen LogP contribution is 2.11. The number of alkyl halides is 2. The van der Waals surface area contributed by atoms with Crippen LogP contribution in [0.4, 0.5) is 8.78 Å². The summed E-state index contributed by atoms with van der Waals surface area (Å²) < 4.78 is 26.5. The quantitative estimate of drug-likeness (QED) is 0.777. The second kappa shape index (κ2) is 7.43. The van der Waals surface area contributed by atoms with Crippen LogP contribution in [0.2, 0.25) is 0 Å². The Balaban J connectivity index is 2.60. The number of hydrogen-bond acceptors (Lipinski definition) is 3. The third-order valence-corrected chi connectivity index (χ3v) is 2.90. The van der Waals surface area contributed by atoms with Crippen LogP contribution in [0.1, 0.15) is 32.0 Å². The topological polar surface area (TPSA) is 41.3 Å². The van der Waals surface area contributed by atoms with Crippen LogP contribution in [0.15, 0.2) is 12.3 Å². The van der Waals surface area contributed by atoms with Gasteiger partial charge in [-0.1, -0.05) is 6.92 Å². The smallest absolute Gasteiger partial charge is 0.251 e. The maximum Gasteiger partial charge on any atom is 0.251 e. The van der Waals surface area contributed by atoms with Crippen molar-refractivity contribution >= 4 is 0 Å². The van der Waals surface area contributed by atoms with Crippen LogP contribution in [0.5, 0.6) is 0 Å². The van der Waals surface area contributed by atoms with Gasteiger partial charge in [0.2, 0.25) is 0 Å². The Kier molecular flexibility index (Phi) is 6.21. The van der Waals surface area contributed by atoms with Crippen LogP contribution in [0, 0.1) is 0 Å². The highest BCUT2D eigenvalue weighted by atomic mass is 19.3. The summed E-state index contributed by atoms with van der Waals surface area (Å²) in [7, 11) is 0. The van der Waals surface area contributed by atoms with Crippen LogP contribution in [-0.4, -0.2) is 45.9 Å². The lowest BCUT2D eigenvalue weighted by Gasteiger charge is -2.19. The van der Waals surface area contributed by atoms with E-state index in [1.165, 1.54) is 4.90 Å². The predicted molar refractivity (Wildman–Crippen MR) is 65.6 cm³/mol. The van der Waals surface area contributed by atoms with E-state index in [-0.39, 0.29) is 19.7 Å². The zero-order valence-electron chi connectivity index (χ0n) is 10.9. The van der Waals surface area contributed by atoms with Crippen LogP contribution < -0.4 is 0 Å². The largest absolute Gasteiger partial charge is 0.395 e. The third kappa shape index (κ3) is 4.70. The van der Waals surface area contributed by atoms with Gasteiger partial charge >= 0.3 is 0 Å². The lowest BCUT2D eigenvalue weighted by atomic mass is 10.3. The van der Waals surface area contributed by atoms with Crippen molar-refractivity contribution < 1.29 is 13.9 Å². The van der Waals surface area contributed by atoms with E-state index in [4.69, 9.17) is 5.11 Å². The standard InChI is InChI=1S/C12H21F2N3O/c1-3-10(2)17-5-4-11(15-17)8-16(6-7-18)9-12(13)14/h4-5,10,12,18H,3,6-9H2,1-2H3. The second-order valence-corrected chi connectivity index (χ2v) is 4.39. The van der Waals surface area contributed by atoms with Gasteiger partial charge in [-0.3, -0.25) is 9.58 Å². The highest BCUT2D eigenvalue weighted by Gasteiger charge is 2.14. The Hall–Kier alpha value is -1.01. The summed E-state index contributed by atoms with van der Waals surface area (Å²) in [4.78, 5) is 1.51. The van der Waals surface area contributed by atoms with E-state index in [0.29, 0.717) is 12.6 Å². The summed E-state index contributed by atoms with van der Waals surface area (Å²) in [5, 5.41) is 13.2. The average molecular weight is 261 g/mol. The first-order valence-electron chi connectivity index (χ1n) is 6.22. The van der Waals surface area contributed by atoms with E-state index in [2.05, 4.69) is 18.9 Å². The maximum absolute atomic E-state index is 12.4. The van der Waals surface area contributed by atoms with E-state index in [0.717, 1.165) is 12.1 Å². The molecular formula is C12H21F2N3O. The molecule has 1 unspecified atom stereocenters. The molecule has 0 amide bonds. The Bertz CT molecular complexity index is 344. The Morgan fingerprint density at radius 2 is 2.22 bits per heavy atom.